The Hall–Kier alpha value is -0.570. The molecule has 0 saturated heterocycles. The summed E-state index contributed by atoms with van der Waals surface area (Å²) in [5, 5.41) is 9.93. The van der Waals surface area contributed by atoms with Gasteiger partial charge in [-0.3, -0.25) is 4.79 Å². The number of carbonyl (C=O) groups is 1. The molecule has 0 saturated carbocycles. The van der Waals surface area contributed by atoms with E-state index in [1.54, 1.807) is 0 Å². The zero-order valence-corrected chi connectivity index (χ0v) is 15.7. The fraction of sp³-hybridized carbons (Fsp3) is 0.950. The number of aliphatic hydroxyl groups excluding tert-OH is 1. The first-order chi connectivity index (χ1) is 11.2. The van der Waals surface area contributed by atoms with E-state index in [1.807, 2.05) is 0 Å². The van der Waals surface area contributed by atoms with Crippen LogP contribution in [0.15, 0.2) is 0 Å². The molecular weight excluding hydrogens is 288 g/mol. The van der Waals surface area contributed by atoms with Crippen molar-refractivity contribution < 1.29 is 14.6 Å². The van der Waals surface area contributed by atoms with E-state index in [0.717, 1.165) is 25.7 Å². The summed E-state index contributed by atoms with van der Waals surface area (Å²) >= 11 is 0. The molecule has 0 amide bonds. The van der Waals surface area contributed by atoms with Crippen molar-refractivity contribution >= 4 is 5.97 Å². The zero-order valence-electron chi connectivity index (χ0n) is 15.7. The number of methoxy groups -OCH3 is 1. The third kappa shape index (κ3) is 17.6. The molecule has 1 unspecified atom stereocenters. The van der Waals surface area contributed by atoms with Gasteiger partial charge in [-0.2, -0.15) is 0 Å². The Bertz CT molecular complexity index is 253. The maximum atomic E-state index is 10.9. The maximum Gasteiger partial charge on any atom is 0.305 e. The summed E-state index contributed by atoms with van der Waals surface area (Å²) in [7, 11) is 1.45. The molecule has 23 heavy (non-hydrogen) atoms. The van der Waals surface area contributed by atoms with Crippen LogP contribution in [0, 0.1) is 0 Å². The summed E-state index contributed by atoms with van der Waals surface area (Å²) in [6.07, 6.45) is 18.4. The largest absolute Gasteiger partial charge is 0.469 e. The monoisotopic (exact) mass is 328 g/mol. The minimum atomic E-state index is -0.0890. The highest BCUT2D eigenvalue weighted by atomic mass is 16.5. The van der Waals surface area contributed by atoms with Crippen molar-refractivity contribution in [1.82, 2.24) is 0 Å². The van der Waals surface area contributed by atoms with Crippen LogP contribution in [0.2, 0.25) is 0 Å². The Morgan fingerprint density at radius 2 is 1.22 bits per heavy atom. The number of unbranched alkanes of at least 4 members (excludes halogenated alkanes) is 11. The standard InChI is InChI=1S/C20H40O3/c1-3-4-5-10-13-16-19(21)17-14-11-8-6-7-9-12-15-18-20(22)23-2/h19,21H,3-18H2,1-2H3. The van der Waals surface area contributed by atoms with Gasteiger partial charge in [-0.25, -0.2) is 0 Å². The minimum Gasteiger partial charge on any atom is -0.469 e. The van der Waals surface area contributed by atoms with Gasteiger partial charge in [0.1, 0.15) is 0 Å². The maximum absolute atomic E-state index is 10.9. The lowest BCUT2D eigenvalue weighted by atomic mass is 10.0. The minimum absolute atomic E-state index is 0.0741. The molecule has 138 valence electrons. The van der Waals surface area contributed by atoms with Gasteiger partial charge < -0.3 is 9.84 Å². The highest BCUT2D eigenvalue weighted by Gasteiger charge is 2.03. The average molecular weight is 329 g/mol. The van der Waals surface area contributed by atoms with Crippen LogP contribution in [0.3, 0.4) is 0 Å². The van der Waals surface area contributed by atoms with Crippen LogP contribution in [0.25, 0.3) is 0 Å². The number of ether oxygens (including phenoxy) is 1. The second-order valence-electron chi connectivity index (χ2n) is 6.80. The summed E-state index contributed by atoms with van der Waals surface area (Å²) in [4.78, 5) is 10.9. The van der Waals surface area contributed by atoms with Gasteiger partial charge in [0.2, 0.25) is 0 Å². The van der Waals surface area contributed by atoms with E-state index >= 15 is 0 Å². The first-order valence-electron chi connectivity index (χ1n) is 9.95. The number of carbonyl (C=O) groups excluding carboxylic acids is 1. The van der Waals surface area contributed by atoms with Crippen molar-refractivity contribution in [3.8, 4) is 0 Å². The van der Waals surface area contributed by atoms with Gasteiger partial charge in [0.25, 0.3) is 0 Å². The molecule has 3 heteroatoms. The van der Waals surface area contributed by atoms with Crippen molar-refractivity contribution in [2.45, 2.75) is 116 Å². The molecule has 0 bridgehead atoms. The molecule has 0 aromatic carbocycles. The zero-order chi connectivity index (χ0) is 17.2. The molecule has 0 rings (SSSR count). The van der Waals surface area contributed by atoms with E-state index in [2.05, 4.69) is 11.7 Å². The van der Waals surface area contributed by atoms with Crippen molar-refractivity contribution in [2.24, 2.45) is 0 Å². The van der Waals surface area contributed by atoms with Crippen LogP contribution < -0.4 is 0 Å². The predicted octanol–water partition coefficient (Wildman–Crippen LogP) is 5.78. The highest BCUT2D eigenvalue weighted by molar-refractivity contribution is 5.68. The Morgan fingerprint density at radius 1 is 0.783 bits per heavy atom. The normalized spacial score (nSPS) is 12.3. The fourth-order valence-corrected chi connectivity index (χ4v) is 2.94. The molecule has 0 aromatic rings. The van der Waals surface area contributed by atoms with E-state index in [-0.39, 0.29) is 12.1 Å². The lowest BCUT2D eigenvalue weighted by Gasteiger charge is -2.10. The quantitative estimate of drug-likeness (QED) is 0.272. The van der Waals surface area contributed by atoms with Crippen LogP contribution in [0.1, 0.15) is 110 Å². The third-order valence-corrected chi connectivity index (χ3v) is 4.54. The highest BCUT2D eigenvalue weighted by Crippen LogP contribution is 2.14. The molecule has 1 N–H and O–H groups in total. The molecule has 0 spiro atoms. The average Bonchev–Trinajstić information content (AvgIpc) is 2.56. The number of rotatable bonds is 17. The smallest absolute Gasteiger partial charge is 0.305 e. The topological polar surface area (TPSA) is 46.5 Å². The Labute approximate surface area is 144 Å². The summed E-state index contributed by atoms with van der Waals surface area (Å²) in [5.74, 6) is -0.0890. The van der Waals surface area contributed by atoms with Gasteiger partial charge in [0.15, 0.2) is 0 Å². The van der Waals surface area contributed by atoms with Crippen molar-refractivity contribution in [3.63, 3.8) is 0 Å². The van der Waals surface area contributed by atoms with Gasteiger partial charge in [0.05, 0.1) is 13.2 Å². The summed E-state index contributed by atoms with van der Waals surface area (Å²) < 4.78 is 4.62. The molecule has 1 atom stereocenters. The Morgan fingerprint density at radius 3 is 1.70 bits per heavy atom. The van der Waals surface area contributed by atoms with E-state index in [0.29, 0.717) is 6.42 Å². The molecular formula is C20H40O3. The number of hydrogen-bond donors (Lipinski definition) is 1. The molecule has 0 fully saturated rings. The van der Waals surface area contributed by atoms with E-state index < -0.39 is 0 Å². The van der Waals surface area contributed by atoms with Crippen molar-refractivity contribution in [1.29, 1.82) is 0 Å². The van der Waals surface area contributed by atoms with E-state index in [9.17, 15) is 9.90 Å². The third-order valence-electron chi connectivity index (χ3n) is 4.54. The van der Waals surface area contributed by atoms with Gasteiger partial charge in [-0.05, 0) is 19.3 Å². The van der Waals surface area contributed by atoms with Gasteiger partial charge >= 0.3 is 5.97 Å². The van der Waals surface area contributed by atoms with Crippen LogP contribution in [-0.4, -0.2) is 24.3 Å². The lowest BCUT2D eigenvalue weighted by Crippen LogP contribution is -2.05. The van der Waals surface area contributed by atoms with Crippen LogP contribution in [-0.2, 0) is 9.53 Å². The van der Waals surface area contributed by atoms with Crippen LogP contribution >= 0.6 is 0 Å². The second-order valence-corrected chi connectivity index (χ2v) is 6.80. The van der Waals surface area contributed by atoms with Crippen molar-refractivity contribution in [3.05, 3.63) is 0 Å². The van der Waals surface area contributed by atoms with Crippen LogP contribution in [0.5, 0.6) is 0 Å². The summed E-state index contributed by atoms with van der Waals surface area (Å²) in [6, 6.07) is 0. The van der Waals surface area contributed by atoms with Crippen molar-refractivity contribution in [2.75, 3.05) is 7.11 Å². The van der Waals surface area contributed by atoms with Gasteiger partial charge in [-0.15, -0.1) is 0 Å². The predicted molar refractivity (Wildman–Crippen MR) is 97.6 cm³/mol. The number of esters is 1. The first-order valence-corrected chi connectivity index (χ1v) is 9.95. The molecule has 0 radical (unpaired) electrons. The molecule has 3 nitrogen and oxygen atoms in total. The summed E-state index contributed by atoms with van der Waals surface area (Å²) in [6.45, 7) is 2.23. The van der Waals surface area contributed by atoms with E-state index in [4.69, 9.17) is 0 Å². The molecule has 0 aliphatic carbocycles. The fourth-order valence-electron chi connectivity index (χ4n) is 2.94. The first kappa shape index (κ1) is 22.4. The molecule has 0 aliphatic rings. The number of hydrogen-bond acceptors (Lipinski definition) is 3. The lowest BCUT2D eigenvalue weighted by molar-refractivity contribution is -0.140. The Kier molecular flexibility index (Phi) is 17.3. The molecule has 0 heterocycles. The second kappa shape index (κ2) is 17.8. The molecule has 0 aromatic heterocycles. The van der Waals surface area contributed by atoms with E-state index in [1.165, 1.54) is 77.7 Å². The van der Waals surface area contributed by atoms with Gasteiger partial charge in [0, 0.05) is 6.42 Å². The molecule has 0 aliphatic heterocycles. The SMILES string of the molecule is CCCCCCCC(O)CCCCCCCCCCC(=O)OC. The van der Waals surface area contributed by atoms with Crippen LogP contribution in [0.4, 0.5) is 0 Å². The summed E-state index contributed by atoms with van der Waals surface area (Å²) in [5.41, 5.74) is 0. The Balaban J connectivity index is 3.15. The van der Waals surface area contributed by atoms with Gasteiger partial charge in [-0.1, -0.05) is 84.0 Å². The number of aliphatic hydroxyl groups is 1.